The minimum atomic E-state index is -0.315. The Morgan fingerprint density at radius 1 is 1.18 bits per heavy atom. The van der Waals surface area contributed by atoms with E-state index in [0.29, 0.717) is 6.42 Å². The first-order chi connectivity index (χ1) is 10.7. The number of hydrogen-bond acceptors (Lipinski definition) is 3. The topological polar surface area (TPSA) is 53.5 Å². The summed E-state index contributed by atoms with van der Waals surface area (Å²) >= 11 is 3.37. The Hall–Kier alpha value is -2.14. The predicted octanol–water partition coefficient (Wildman–Crippen LogP) is 3.79. The Balaban J connectivity index is 1.90. The second kappa shape index (κ2) is 8.34. The van der Waals surface area contributed by atoms with E-state index in [-0.39, 0.29) is 11.9 Å². The molecule has 0 bridgehead atoms. The fourth-order valence-electron chi connectivity index (χ4n) is 1.89. The number of halogens is 1. The van der Waals surface area contributed by atoms with Gasteiger partial charge in [0.25, 0.3) is 5.91 Å². The van der Waals surface area contributed by atoms with Crippen molar-refractivity contribution in [1.29, 1.82) is 0 Å². The van der Waals surface area contributed by atoms with E-state index >= 15 is 0 Å². The number of para-hydroxylation sites is 1. The molecular formula is C17H18BrN3O. The maximum atomic E-state index is 12.1. The van der Waals surface area contributed by atoms with E-state index in [0.717, 1.165) is 15.7 Å². The van der Waals surface area contributed by atoms with Crippen molar-refractivity contribution in [3.63, 3.8) is 0 Å². The van der Waals surface area contributed by atoms with E-state index in [1.165, 1.54) is 0 Å². The normalized spacial score (nSPS) is 12.1. The van der Waals surface area contributed by atoms with Crippen LogP contribution in [0.3, 0.4) is 0 Å². The van der Waals surface area contributed by atoms with Gasteiger partial charge in [-0.25, -0.2) is 5.43 Å². The van der Waals surface area contributed by atoms with Gasteiger partial charge in [0, 0.05) is 10.2 Å². The van der Waals surface area contributed by atoms with Crippen molar-refractivity contribution in [2.45, 2.75) is 19.4 Å². The number of rotatable bonds is 6. The second-order valence-electron chi connectivity index (χ2n) is 4.76. The molecule has 0 saturated heterocycles. The third-order valence-electron chi connectivity index (χ3n) is 3.10. The van der Waals surface area contributed by atoms with Gasteiger partial charge in [-0.05, 0) is 36.2 Å². The molecule has 2 aromatic carbocycles. The van der Waals surface area contributed by atoms with Gasteiger partial charge < -0.3 is 5.32 Å². The fraction of sp³-hybridized carbons (Fsp3) is 0.176. The highest BCUT2D eigenvalue weighted by Crippen LogP contribution is 2.10. The SMILES string of the molecule is CC[C@@H](Nc1ccccc1)C(=O)N/N=C\c1ccc(Br)cc1. The molecule has 0 saturated carbocycles. The number of carbonyl (C=O) groups excluding carboxylic acids is 1. The molecule has 1 atom stereocenters. The Morgan fingerprint density at radius 3 is 2.50 bits per heavy atom. The van der Waals surface area contributed by atoms with Gasteiger partial charge in [-0.3, -0.25) is 4.79 Å². The van der Waals surface area contributed by atoms with Gasteiger partial charge in [0.05, 0.1) is 6.21 Å². The molecule has 2 rings (SSSR count). The molecule has 0 spiro atoms. The zero-order valence-corrected chi connectivity index (χ0v) is 13.9. The number of hydrazone groups is 1. The van der Waals surface area contributed by atoms with Gasteiger partial charge in [-0.2, -0.15) is 5.10 Å². The van der Waals surface area contributed by atoms with Crippen molar-refractivity contribution >= 4 is 33.7 Å². The molecule has 0 heterocycles. The molecule has 22 heavy (non-hydrogen) atoms. The summed E-state index contributed by atoms with van der Waals surface area (Å²) in [6, 6.07) is 17.0. The number of nitrogens with one attached hydrogen (secondary N) is 2. The highest BCUT2D eigenvalue weighted by atomic mass is 79.9. The molecule has 0 fully saturated rings. The molecule has 5 heteroatoms. The summed E-state index contributed by atoms with van der Waals surface area (Å²) in [6.07, 6.45) is 2.30. The van der Waals surface area contributed by atoms with E-state index < -0.39 is 0 Å². The molecule has 0 aliphatic rings. The smallest absolute Gasteiger partial charge is 0.262 e. The number of carbonyl (C=O) groups is 1. The van der Waals surface area contributed by atoms with Gasteiger partial charge in [0.2, 0.25) is 0 Å². The van der Waals surface area contributed by atoms with E-state index in [1.54, 1.807) is 6.21 Å². The summed E-state index contributed by atoms with van der Waals surface area (Å²) in [6.45, 7) is 1.96. The molecular weight excluding hydrogens is 342 g/mol. The Kier molecular flexibility index (Phi) is 6.15. The molecule has 0 unspecified atom stereocenters. The van der Waals surface area contributed by atoms with Crippen LogP contribution in [0.4, 0.5) is 5.69 Å². The quantitative estimate of drug-likeness (QED) is 0.608. The molecule has 1 amide bonds. The summed E-state index contributed by atoms with van der Waals surface area (Å²) in [7, 11) is 0. The van der Waals surface area contributed by atoms with Gasteiger partial charge in [0.1, 0.15) is 6.04 Å². The molecule has 114 valence electrons. The van der Waals surface area contributed by atoms with Gasteiger partial charge >= 0.3 is 0 Å². The first kappa shape index (κ1) is 16.2. The first-order valence-electron chi connectivity index (χ1n) is 7.09. The van der Waals surface area contributed by atoms with Crippen molar-refractivity contribution in [2.75, 3.05) is 5.32 Å². The summed E-state index contributed by atoms with van der Waals surface area (Å²) in [5.74, 6) is -0.153. The first-order valence-corrected chi connectivity index (χ1v) is 7.88. The van der Waals surface area contributed by atoms with Crippen molar-refractivity contribution in [2.24, 2.45) is 5.10 Å². The lowest BCUT2D eigenvalue weighted by atomic mass is 10.2. The predicted molar refractivity (Wildman–Crippen MR) is 94.0 cm³/mol. The van der Waals surface area contributed by atoms with Gasteiger partial charge in [-0.15, -0.1) is 0 Å². The van der Waals surface area contributed by atoms with Crippen LogP contribution in [0.15, 0.2) is 64.2 Å². The van der Waals surface area contributed by atoms with Gasteiger partial charge in [-0.1, -0.05) is 53.2 Å². The molecule has 0 aliphatic heterocycles. The lowest BCUT2D eigenvalue weighted by Crippen LogP contribution is -2.36. The Labute approximate surface area is 138 Å². The van der Waals surface area contributed by atoms with Crippen LogP contribution in [0, 0.1) is 0 Å². The lowest BCUT2D eigenvalue weighted by molar-refractivity contribution is -0.121. The minimum absolute atomic E-state index is 0.153. The highest BCUT2D eigenvalue weighted by molar-refractivity contribution is 9.10. The highest BCUT2D eigenvalue weighted by Gasteiger charge is 2.15. The summed E-state index contributed by atoms with van der Waals surface area (Å²) in [5, 5.41) is 7.19. The van der Waals surface area contributed by atoms with E-state index in [4.69, 9.17) is 0 Å². The number of hydrogen-bond donors (Lipinski definition) is 2. The van der Waals surface area contributed by atoms with Crippen LogP contribution >= 0.6 is 15.9 Å². The zero-order chi connectivity index (χ0) is 15.8. The minimum Gasteiger partial charge on any atom is -0.374 e. The van der Waals surface area contributed by atoms with Crippen LogP contribution in [-0.2, 0) is 4.79 Å². The van der Waals surface area contributed by atoms with Crippen molar-refractivity contribution in [1.82, 2.24) is 5.43 Å². The maximum absolute atomic E-state index is 12.1. The van der Waals surface area contributed by atoms with Crippen LogP contribution in [-0.4, -0.2) is 18.2 Å². The number of anilines is 1. The molecule has 0 radical (unpaired) electrons. The molecule has 4 nitrogen and oxygen atoms in total. The summed E-state index contributed by atoms with van der Waals surface area (Å²) in [5.41, 5.74) is 4.41. The summed E-state index contributed by atoms with van der Waals surface area (Å²) in [4.78, 5) is 12.1. The van der Waals surface area contributed by atoms with E-state index in [1.807, 2.05) is 61.5 Å². The number of amides is 1. The van der Waals surface area contributed by atoms with E-state index in [2.05, 4.69) is 31.8 Å². The third-order valence-corrected chi connectivity index (χ3v) is 3.63. The summed E-state index contributed by atoms with van der Waals surface area (Å²) < 4.78 is 1.01. The second-order valence-corrected chi connectivity index (χ2v) is 5.67. The lowest BCUT2D eigenvalue weighted by Gasteiger charge is -2.16. The third kappa shape index (κ3) is 5.00. The van der Waals surface area contributed by atoms with Gasteiger partial charge in [0.15, 0.2) is 0 Å². The number of nitrogens with zero attached hydrogens (tertiary/aromatic N) is 1. The largest absolute Gasteiger partial charge is 0.374 e. The monoisotopic (exact) mass is 359 g/mol. The fourth-order valence-corrected chi connectivity index (χ4v) is 2.15. The van der Waals surface area contributed by atoms with Crippen LogP contribution in [0.1, 0.15) is 18.9 Å². The van der Waals surface area contributed by atoms with E-state index in [9.17, 15) is 4.79 Å². The maximum Gasteiger partial charge on any atom is 0.262 e. The number of benzene rings is 2. The molecule has 0 aromatic heterocycles. The molecule has 2 N–H and O–H groups in total. The van der Waals surface area contributed by atoms with Crippen LogP contribution < -0.4 is 10.7 Å². The molecule has 2 aromatic rings. The molecule has 0 aliphatic carbocycles. The standard InChI is InChI=1S/C17H18BrN3O/c1-2-16(20-15-6-4-3-5-7-15)17(22)21-19-12-13-8-10-14(18)11-9-13/h3-12,16,20H,2H2,1H3,(H,21,22)/b19-12-/t16-/m1/s1. The van der Waals surface area contributed by atoms with Crippen molar-refractivity contribution in [3.05, 3.63) is 64.6 Å². The van der Waals surface area contributed by atoms with Crippen molar-refractivity contribution in [3.8, 4) is 0 Å². The average molecular weight is 360 g/mol. The average Bonchev–Trinajstić information content (AvgIpc) is 2.55. The Morgan fingerprint density at radius 2 is 1.86 bits per heavy atom. The van der Waals surface area contributed by atoms with Crippen LogP contribution in [0.2, 0.25) is 0 Å². The Bertz CT molecular complexity index is 626. The van der Waals surface area contributed by atoms with Crippen LogP contribution in [0.25, 0.3) is 0 Å². The van der Waals surface area contributed by atoms with Crippen molar-refractivity contribution < 1.29 is 4.79 Å². The zero-order valence-electron chi connectivity index (χ0n) is 12.3. The van der Waals surface area contributed by atoms with Crippen LogP contribution in [0.5, 0.6) is 0 Å².